The zero-order chi connectivity index (χ0) is 30.1. The van der Waals surface area contributed by atoms with E-state index in [1.807, 2.05) is 12.1 Å². The van der Waals surface area contributed by atoms with Crippen LogP contribution in [0.1, 0.15) is 64.4 Å². The molecule has 0 spiro atoms. The summed E-state index contributed by atoms with van der Waals surface area (Å²) >= 11 is 6.06. The first-order valence-corrected chi connectivity index (χ1v) is 14.5. The van der Waals surface area contributed by atoms with Gasteiger partial charge in [0.2, 0.25) is 5.91 Å². The van der Waals surface area contributed by atoms with E-state index < -0.39 is 17.7 Å². The lowest BCUT2D eigenvalue weighted by atomic mass is 9.94. The van der Waals surface area contributed by atoms with Gasteiger partial charge in [-0.15, -0.1) is 12.4 Å². The molecule has 1 amide bonds. The number of nitrogens with zero attached hydrogens (tertiary/aromatic N) is 2. The Balaban J connectivity index is 0.00000384. The molecule has 4 aromatic carbocycles. The van der Waals surface area contributed by atoms with E-state index in [2.05, 4.69) is 4.57 Å². The molecule has 0 bridgehead atoms. The number of benzene rings is 4. The molecule has 1 aliphatic carbocycles. The molecule has 0 radical (unpaired) electrons. The first kappa shape index (κ1) is 31.0. The van der Waals surface area contributed by atoms with Gasteiger partial charge in [0, 0.05) is 22.7 Å². The summed E-state index contributed by atoms with van der Waals surface area (Å²) < 4.78 is 23.9. The second-order valence-electron chi connectivity index (χ2n) is 10.8. The lowest BCUT2D eigenvalue weighted by Gasteiger charge is -2.25. The van der Waals surface area contributed by atoms with Gasteiger partial charge in [0.05, 0.1) is 22.2 Å². The summed E-state index contributed by atoms with van der Waals surface area (Å²) in [5.74, 6) is -1.33. The van der Waals surface area contributed by atoms with E-state index in [0.717, 1.165) is 48.7 Å². The third-order valence-corrected chi connectivity index (χ3v) is 8.25. The van der Waals surface area contributed by atoms with Gasteiger partial charge in [-0.1, -0.05) is 49.1 Å². The maximum absolute atomic E-state index is 15.8. The molecule has 7 nitrogen and oxygen atoms in total. The van der Waals surface area contributed by atoms with Crippen LogP contribution in [0, 0.1) is 5.82 Å². The van der Waals surface area contributed by atoms with Crippen LogP contribution in [0.2, 0.25) is 5.02 Å². The van der Waals surface area contributed by atoms with Gasteiger partial charge in [0.25, 0.3) is 0 Å². The van der Waals surface area contributed by atoms with E-state index in [0.29, 0.717) is 38.8 Å². The van der Waals surface area contributed by atoms with Crippen LogP contribution in [0.15, 0.2) is 78.9 Å². The third-order valence-electron chi connectivity index (χ3n) is 8.00. The van der Waals surface area contributed by atoms with Gasteiger partial charge in [0.15, 0.2) is 0 Å². The predicted octanol–water partition coefficient (Wildman–Crippen LogP) is 8.47. The molecule has 0 atom stereocenters. The smallest absolute Gasteiger partial charge is 0.335 e. The van der Waals surface area contributed by atoms with Crippen molar-refractivity contribution in [1.82, 2.24) is 9.55 Å². The van der Waals surface area contributed by atoms with Crippen LogP contribution in [-0.4, -0.2) is 26.5 Å². The Kier molecular flexibility index (Phi) is 9.22. The molecule has 0 unspecified atom stereocenters. The highest BCUT2D eigenvalue weighted by Gasteiger charge is 2.24. The molecule has 226 valence electrons. The van der Waals surface area contributed by atoms with Gasteiger partial charge in [-0.05, 0) is 84.1 Å². The average Bonchev–Trinajstić information content (AvgIpc) is 3.39. The van der Waals surface area contributed by atoms with Gasteiger partial charge in [-0.2, -0.15) is 0 Å². The fourth-order valence-corrected chi connectivity index (χ4v) is 5.96. The van der Waals surface area contributed by atoms with E-state index in [1.165, 1.54) is 12.1 Å². The Bertz CT molecular complexity index is 1850. The third kappa shape index (κ3) is 6.27. The number of amides is 1. The van der Waals surface area contributed by atoms with Crippen molar-refractivity contribution in [2.75, 3.05) is 0 Å². The summed E-state index contributed by atoms with van der Waals surface area (Å²) in [7, 11) is 0. The number of hydrogen-bond donors (Lipinski definition) is 2. The fourth-order valence-electron chi connectivity index (χ4n) is 5.84. The van der Waals surface area contributed by atoms with Crippen molar-refractivity contribution in [2.45, 2.75) is 44.8 Å². The molecule has 6 rings (SSSR count). The van der Waals surface area contributed by atoms with E-state index in [-0.39, 0.29) is 30.6 Å². The van der Waals surface area contributed by atoms with E-state index in [9.17, 15) is 14.7 Å². The molecular formula is C34H30Cl2FN3O4. The number of ether oxygens (including phenoxy) is 1. The lowest BCUT2D eigenvalue weighted by Crippen LogP contribution is -2.14. The molecule has 1 heterocycles. The molecule has 10 heteroatoms. The molecular weight excluding hydrogens is 604 g/mol. The molecule has 0 saturated heterocycles. The van der Waals surface area contributed by atoms with Crippen molar-refractivity contribution in [3.63, 3.8) is 0 Å². The standard InChI is InChI=1S/C34H29ClFN3O4.ClH/c35-24-10-6-20(7-11-24)27-13-8-21(32(37)40)16-23(27)19-43-26-12-14-28(29(36)18-26)33-38-30-17-22(34(41)42)9-15-31(30)39(33)25-4-2-1-3-5-25;/h6-18,25H,1-5,19H2,(H2,37,40)(H,41,42);1H. The fraction of sp³-hybridized carbons (Fsp3) is 0.206. The second-order valence-corrected chi connectivity index (χ2v) is 11.2. The van der Waals surface area contributed by atoms with Crippen molar-refractivity contribution in [2.24, 2.45) is 5.73 Å². The van der Waals surface area contributed by atoms with Gasteiger partial charge in [-0.3, -0.25) is 4.79 Å². The number of fused-ring (bicyclic) bond motifs is 1. The number of nitrogens with two attached hydrogens (primary N) is 1. The van der Waals surface area contributed by atoms with E-state index in [4.69, 9.17) is 27.1 Å². The summed E-state index contributed by atoms with van der Waals surface area (Å²) in [4.78, 5) is 28.2. The summed E-state index contributed by atoms with van der Waals surface area (Å²) in [6.45, 7) is 0.0659. The van der Waals surface area contributed by atoms with Crippen LogP contribution in [0.4, 0.5) is 4.39 Å². The number of carboxylic acid groups (broad SMARTS) is 1. The number of carbonyl (C=O) groups excluding carboxylic acids is 1. The Hall–Kier alpha value is -4.40. The summed E-state index contributed by atoms with van der Waals surface area (Å²) in [6, 6.07) is 22.1. The number of carbonyl (C=O) groups is 2. The highest BCUT2D eigenvalue weighted by atomic mass is 35.5. The topological polar surface area (TPSA) is 107 Å². The number of aromatic carboxylic acids is 1. The molecule has 0 aliphatic heterocycles. The normalized spacial score (nSPS) is 13.4. The van der Waals surface area contributed by atoms with Crippen LogP contribution < -0.4 is 10.5 Å². The minimum atomic E-state index is -1.04. The van der Waals surface area contributed by atoms with Crippen LogP contribution in [-0.2, 0) is 6.61 Å². The Labute approximate surface area is 264 Å². The summed E-state index contributed by atoms with van der Waals surface area (Å²) in [6.07, 6.45) is 5.19. The maximum atomic E-state index is 15.8. The molecule has 1 aromatic heterocycles. The molecule has 44 heavy (non-hydrogen) atoms. The summed E-state index contributed by atoms with van der Waals surface area (Å²) in [5.41, 5.74) is 10.0. The number of imidazole rings is 1. The van der Waals surface area contributed by atoms with Crippen molar-refractivity contribution in [3.8, 4) is 28.3 Å². The number of rotatable bonds is 8. The molecule has 1 aliphatic rings. The van der Waals surface area contributed by atoms with Gasteiger partial charge in [0.1, 0.15) is 24.0 Å². The Morgan fingerprint density at radius 1 is 0.932 bits per heavy atom. The van der Waals surface area contributed by atoms with Crippen LogP contribution in [0.3, 0.4) is 0 Å². The van der Waals surface area contributed by atoms with Crippen molar-refractivity contribution in [3.05, 3.63) is 106 Å². The van der Waals surface area contributed by atoms with Crippen LogP contribution in [0.25, 0.3) is 33.5 Å². The lowest BCUT2D eigenvalue weighted by molar-refractivity contribution is 0.0696. The zero-order valence-electron chi connectivity index (χ0n) is 23.6. The van der Waals surface area contributed by atoms with Crippen molar-refractivity contribution < 1.29 is 23.8 Å². The first-order chi connectivity index (χ1) is 20.8. The summed E-state index contributed by atoms with van der Waals surface area (Å²) in [5, 5.41) is 10.1. The van der Waals surface area contributed by atoms with Gasteiger partial charge < -0.3 is 20.1 Å². The molecule has 1 saturated carbocycles. The average molecular weight is 635 g/mol. The second kappa shape index (κ2) is 13.1. The number of carboxylic acids is 1. The van der Waals surface area contributed by atoms with Crippen LogP contribution in [0.5, 0.6) is 5.75 Å². The highest BCUT2D eigenvalue weighted by Crippen LogP contribution is 2.38. The quantitative estimate of drug-likeness (QED) is 0.178. The van der Waals surface area contributed by atoms with Crippen molar-refractivity contribution in [1.29, 1.82) is 0 Å². The monoisotopic (exact) mass is 633 g/mol. The van der Waals surface area contributed by atoms with Gasteiger partial charge in [-0.25, -0.2) is 14.2 Å². The minimum absolute atomic E-state index is 0. The van der Waals surface area contributed by atoms with Crippen molar-refractivity contribution >= 4 is 46.9 Å². The predicted molar refractivity (Wildman–Crippen MR) is 171 cm³/mol. The number of aromatic nitrogens is 2. The molecule has 1 fully saturated rings. The number of primary amides is 1. The minimum Gasteiger partial charge on any atom is -0.489 e. The maximum Gasteiger partial charge on any atom is 0.335 e. The SMILES string of the molecule is Cl.NC(=O)c1ccc(-c2ccc(Cl)cc2)c(COc2ccc(-c3nc4cc(C(=O)O)ccc4n3C3CCCCC3)c(F)c2)c1. The van der Waals surface area contributed by atoms with Crippen LogP contribution >= 0.6 is 24.0 Å². The molecule has 5 aromatic rings. The first-order valence-electron chi connectivity index (χ1n) is 14.1. The Morgan fingerprint density at radius 2 is 1.64 bits per heavy atom. The number of hydrogen-bond acceptors (Lipinski definition) is 4. The zero-order valence-corrected chi connectivity index (χ0v) is 25.2. The van der Waals surface area contributed by atoms with Gasteiger partial charge >= 0.3 is 5.97 Å². The van der Waals surface area contributed by atoms with E-state index in [1.54, 1.807) is 54.6 Å². The highest BCUT2D eigenvalue weighted by molar-refractivity contribution is 6.30. The molecule has 3 N–H and O–H groups in total. The Morgan fingerprint density at radius 3 is 2.32 bits per heavy atom. The number of halogens is 3. The largest absolute Gasteiger partial charge is 0.489 e. The van der Waals surface area contributed by atoms with E-state index >= 15 is 4.39 Å².